The highest BCUT2D eigenvalue weighted by molar-refractivity contribution is 5.96. The Morgan fingerprint density at radius 1 is 1.10 bits per heavy atom. The van der Waals surface area contributed by atoms with Crippen LogP contribution in [-0.2, 0) is 59.0 Å². The number of hydrogen-bond donors (Lipinski definition) is 2. The monoisotopic (exact) mass is 669 g/mol. The van der Waals surface area contributed by atoms with E-state index in [1.165, 1.54) is 16.0 Å². The minimum Gasteiger partial charge on any atom is -0.462 e. The first kappa shape index (κ1) is 32.6. The number of ether oxygens (including phenoxy) is 5. The highest BCUT2D eigenvalue weighted by Crippen LogP contribution is 2.56. The van der Waals surface area contributed by atoms with Crippen molar-refractivity contribution in [1.29, 1.82) is 0 Å². The lowest BCUT2D eigenvalue weighted by molar-refractivity contribution is -0.204. The van der Waals surface area contributed by atoms with Crippen LogP contribution in [0.15, 0.2) is 30.3 Å². The molecule has 6 aliphatic rings. The molecule has 2 N–H and O–H groups in total. The number of benzene rings is 1. The molecule has 1 aromatic carbocycles. The van der Waals surface area contributed by atoms with Crippen LogP contribution in [0.3, 0.4) is 0 Å². The van der Waals surface area contributed by atoms with Crippen molar-refractivity contribution >= 4 is 35.8 Å². The first-order valence-electron chi connectivity index (χ1n) is 16.2. The zero-order valence-corrected chi connectivity index (χ0v) is 26.7. The summed E-state index contributed by atoms with van der Waals surface area (Å²) < 4.78 is 27.9. The van der Waals surface area contributed by atoms with Crippen molar-refractivity contribution in [3.63, 3.8) is 0 Å². The average molecular weight is 670 g/mol. The zero-order chi connectivity index (χ0) is 33.8. The number of nitrogens with zero attached hydrogens (tertiary/aromatic N) is 2. The van der Waals surface area contributed by atoms with Gasteiger partial charge in [-0.3, -0.25) is 19.2 Å². The summed E-state index contributed by atoms with van der Waals surface area (Å²) in [6, 6.07) is 5.32. The van der Waals surface area contributed by atoms with Crippen LogP contribution >= 0.6 is 0 Å². The molecular weight excluding hydrogens is 630 g/mol. The van der Waals surface area contributed by atoms with Gasteiger partial charge in [0, 0.05) is 31.0 Å². The average Bonchev–Trinajstić information content (AvgIpc) is 3.86. The van der Waals surface area contributed by atoms with Crippen LogP contribution in [0.25, 0.3) is 6.08 Å². The molecule has 1 saturated carbocycles. The fraction of sp³-hybridized carbons (Fsp3) is 0.606. The molecule has 7 rings (SSSR count). The molecule has 258 valence electrons. The summed E-state index contributed by atoms with van der Waals surface area (Å²) in [5, 5.41) is 13.4. The number of likely N-dealkylation sites (tertiary alicyclic amines) is 1. The molecule has 1 aliphatic carbocycles. The van der Waals surface area contributed by atoms with Crippen molar-refractivity contribution in [3.8, 4) is 0 Å². The number of carbonyl (C=O) groups excluding carboxylic acids is 5. The van der Waals surface area contributed by atoms with E-state index in [1.807, 2.05) is 0 Å². The maximum atomic E-state index is 14.7. The van der Waals surface area contributed by atoms with Gasteiger partial charge in [-0.2, -0.15) is 5.06 Å². The van der Waals surface area contributed by atoms with Gasteiger partial charge in [0.1, 0.15) is 49.3 Å². The topological polar surface area (TPSA) is 179 Å². The molecule has 48 heavy (non-hydrogen) atoms. The largest absolute Gasteiger partial charge is 0.462 e. The van der Waals surface area contributed by atoms with E-state index in [-0.39, 0.29) is 51.3 Å². The van der Waals surface area contributed by atoms with Crippen LogP contribution in [0, 0.1) is 10.8 Å². The summed E-state index contributed by atoms with van der Waals surface area (Å²) in [5.41, 5.74) is -0.554. The van der Waals surface area contributed by atoms with Crippen molar-refractivity contribution < 1.29 is 57.6 Å². The molecule has 0 spiro atoms. The SMILES string of the molecule is CC1(C)COC(=O)[C@@H]1OC(=O)C=Cc1ccc(CN2O[C@@H]3[C@H]4OCO[C@H]4[C@H]4C[C@]3(C(=O)N3CCC[C@@H]3C(=O)NCCO)[C@@H]2C(=O)O4)cc1. The van der Waals surface area contributed by atoms with Gasteiger partial charge in [0.15, 0.2) is 6.04 Å². The second kappa shape index (κ2) is 12.5. The predicted molar refractivity (Wildman–Crippen MR) is 161 cm³/mol. The number of hydrogen-bond acceptors (Lipinski definition) is 13. The number of nitrogens with one attached hydrogen (secondary N) is 1. The molecule has 8 atom stereocenters. The second-order valence-corrected chi connectivity index (χ2v) is 13.8. The Hall–Kier alpha value is -3.89. The third-order valence-electron chi connectivity index (χ3n) is 10.2. The summed E-state index contributed by atoms with van der Waals surface area (Å²) in [6.45, 7) is 4.03. The molecule has 15 heteroatoms. The fourth-order valence-corrected chi connectivity index (χ4v) is 7.83. The van der Waals surface area contributed by atoms with Gasteiger partial charge in [0.2, 0.25) is 17.9 Å². The van der Waals surface area contributed by atoms with Crippen LogP contribution in [-0.4, -0.2) is 120 Å². The number of aliphatic hydroxyl groups is 1. The van der Waals surface area contributed by atoms with Crippen LogP contribution in [0.5, 0.6) is 0 Å². The summed E-state index contributed by atoms with van der Waals surface area (Å²) in [6.07, 6.45) is 0.232. The predicted octanol–water partition coefficient (Wildman–Crippen LogP) is -0.164. The molecule has 1 aromatic rings. The lowest BCUT2D eigenvalue weighted by atomic mass is 9.62. The Morgan fingerprint density at radius 3 is 2.60 bits per heavy atom. The van der Waals surface area contributed by atoms with E-state index in [4.69, 9.17) is 28.5 Å². The standard InChI is InChI=1S/C33H39N3O12/c1-32(2)16-43-30(41)27(32)47-22(38)10-9-18-5-7-19(8-6-18)15-36-25-29(40)46-21-14-33(25,26(48-36)24-23(21)44-17-45-24)31(42)35-12-3-4-20(35)28(39)34-11-13-37/h5-10,20-21,23-27,37H,3-4,11-17H2,1-2H3,(H,34,39)/t20-,21-,23+,24+,25+,26-,27+,33+/m1/s1. The van der Waals surface area contributed by atoms with Crippen molar-refractivity contribution in [2.45, 2.75) is 82.3 Å². The smallest absolute Gasteiger partial charge is 0.348 e. The van der Waals surface area contributed by atoms with E-state index in [1.54, 1.807) is 44.2 Å². The quantitative estimate of drug-likeness (QED) is 0.201. The number of aliphatic hydroxyl groups excluding tert-OH is 1. The van der Waals surface area contributed by atoms with Gasteiger partial charge < -0.3 is 39.0 Å². The van der Waals surface area contributed by atoms with E-state index in [0.717, 1.165) is 5.56 Å². The summed E-state index contributed by atoms with van der Waals surface area (Å²) in [7, 11) is 0. The maximum Gasteiger partial charge on any atom is 0.348 e. The van der Waals surface area contributed by atoms with Crippen LogP contribution in [0.4, 0.5) is 0 Å². The van der Waals surface area contributed by atoms with E-state index in [0.29, 0.717) is 24.9 Å². The van der Waals surface area contributed by atoms with Gasteiger partial charge >= 0.3 is 17.9 Å². The van der Waals surface area contributed by atoms with Crippen molar-refractivity contribution in [3.05, 3.63) is 41.5 Å². The van der Waals surface area contributed by atoms with Crippen LogP contribution in [0.2, 0.25) is 0 Å². The fourth-order valence-electron chi connectivity index (χ4n) is 7.83. The summed E-state index contributed by atoms with van der Waals surface area (Å²) in [4.78, 5) is 73.8. The number of fused-ring (bicyclic) bond motifs is 4. The lowest BCUT2D eigenvalue weighted by Crippen LogP contribution is -2.70. The molecule has 0 radical (unpaired) electrons. The van der Waals surface area contributed by atoms with Gasteiger partial charge in [-0.25, -0.2) is 9.59 Å². The minimum absolute atomic E-state index is 0.0287. The van der Waals surface area contributed by atoms with Crippen molar-refractivity contribution in [1.82, 2.24) is 15.3 Å². The van der Waals surface area contributed by atoms with Crippen molar-refractivity contribution in [2.75, 3.05) is 33.1 Å². The Morgan fingerprint density at radius 2 is 1.88 bits per heavy atom. The molecule has 0 aromatic heterocycles. The molecule has 0 unspecified atom stereocenters. The van der Waals surface area contributed by atoms with Gasteiger partial charge in [-0.1, -0.05) is 38.1 Å². The normalized spacial score (nSPS) is 35.0. The number of hydroxylamine groups is 2. The number of amides is 2. The highest BCUT2D eigenvalue weighted by Gasteiger charge is 2.75. The lowest BCUT2D eigenvalue weighted by Gasteiger charge is -2.50. The Labute approximate surface area is 276 Å². The molecule has 5 aliphatic heterocycles. The van der Waals surface area contributed by atoms with Gasteiger partial charge in [-0.05, 0) is 30.0 Å². The Kier molecular flexibility index (Phi) is 8.52. The van der Waals surface area contributed by atoms with Gasteiger partial charge in [-0.15, -0.1) is 0 Å². The number of cyclic esters (lactones) is 1. The third kappa shape index (κ3) is 5.47. The van der Waals surface area contributed by atoms with Gasteiger partial charge in [0.25, 0.3) is 0 Å². The molecule has 5 heterocycles. The Bertz CT molecular complexity index is 1510. The zero-order valence-electron chi connectivity index (χ0n) is 26.7. The second-order valence-electron chi connectivity index (χ2n) is 13.8. The molecular formula is C33H39N3O12. The van der Waals surface area contributed by atoms with E-state index < -0.39 is 71.3 Å². The van der Waals surface area contributed by atoms with Gasteiger partial charge in [0.05, 0.1) is 13.2 Å². The first-order chi connectivity index (χ1) is 23.0. The van der Waals surface area contributed by atoms with Crippen LogP contribution in [0.1, 0.15) is 44.2 Å². The molecule has 2 amide bonds. The van der Waals surface area contributed by atoms with E-state index >= 15 is 0 Å². The number of esters is 3. The van der Waals surface area contributed by atoms with E-state index in [9.17, 15) is 29.1 Å². The summed E-state index contributed by atoms with van der Waals surface area (Å²) >= 11 is 0. The molecule has 15 nitrogen and oxygen atoms in total. The molecule has 5 saturated heterocycles. The van der Waals surface area contributed by atoms with E-state index in [2.05, 4.69) is 5.32 Å². The number of carbonyl (C=O) groups is 5. The number of rotatable bonds is 9. The minimum atomic E-state index is -1.38. The third-order valence-corrected chi connectivity index (χ3v) is 10.2. The molecule has 6 fully saturated rings. The highest BCUT2D eigenvalue weighted by atomic mass is 16.8. The van der Waals surface area contributed by atoms with Crippen molar-refractivity contribution in [2.24, 2.45) is 10.8 Å². The van der Waals surface area contributed by atoms with Crippen LogP contribution < -0.4 is 5.32 Å². The molecule has 2 bridgehead atoms. The summed E-state index contributed by atoms with van der Waals surface area (Å²) in [5.74, 6) is -2.56. The first-order valence-corrected chi connectivity index (χ1v) is 16.2. The Balaban J connectivity index is 1.10. The maximum absolute atomic E-state index is 14.7.